The molecule has 0 amide bonds. The summed E-state index contributed by atoms with van der Waals surface area (Å²) in [6.45, 7) is 0. The van der Waals surface area contributed by atoms with Crippen LogP contribution in [-0.4, -0.2) is 0 Å². The SMILES string of the molecule is [Cl][Ru]([Cl])[Cl].c1ccc(-c2ccccc2)cc1. The molecule has 0 aromatic heterocycles. The predicted octanol–water partition coefficient (Wildman–Crippen LogP) is 5.42. The van der Waals surface area contributed by atoms with Gasteiger partial charge in [-0.05, 0) is 11.1 Å². The third kappa shape index (κ3) is 5.87. The molecule has 0 bridgehead atoms. The summed E-state index contributed by atoms with van der Waals surface area (Å²) in [5.74, 6) is 0. The minimum atomic E-state index is -1.75. The van der Waals surface area contributed by atoms with E-state index in [4.69, 9.17) is 29.1 Å². The second kappa shape index (κ2) is 8.09. The summed E-state index contributed by atoms with van der Waals surface area (Å²) in [4.78, 5) is 0. The van der Waals surface area contributed by atoms with Gasteiger partial charge in [0.15, 0.2) is 0 Å². The fraction of sp³-hybridized carbons (Fsp3) is 0. The van der Waals surface area contributed by atoms with Crippen molar-refractivity contribution >= 4 is 29.1 Å². The van der Waals surface area contributed by atoms with Crippen LogP contribution in [0.2, 0.25) is 0 Å². The maximum Gasteiger partial charge on any atom is -0.0184 e. The van der Waals surface area contributed by atoms with Crippen molar-refractivity contribution in [3.63, 3.8) is 0 Å². The van der Waals surface area contributed by atoms with Gasteiger partial charge < -0.3 is 0 Å². The van der Waals surface area contributed by atoms with Crippen molar-refractivity contribution in [1.29, 1.82) is 0 Å². The zero-order chi connectivity index (χ0) is 11.8. The molecule has 0 fully saturated rings. The first kappa shape index (κ1) is 14.0. The molecule has 87 valence electrons. The van der Waals surface area contributed by atoms with Crippen LogP contribution in [-0.2, 0) is 13.0 Å². The zero-order valence-electron chi connectivity index (χ0n) is 8.26. The Morgan fingerprint density at radius 2 is 0.812 bits per heavy atom. The Morgan fingerprint density at radius 1 is 0.562 bits per heavy atom. The first-order valence-electron chi connectivity index (χ1n) is 4.47. The molecule has 0 nitrogen and oxygen atoms in total. The van der Waals surface area contributed by atoms with Crippen LogP contribution in [0, 0.1) is 0 Å². The Morgan fingerprint density at radius 3 is 1.06 bits per heavy atom. The molecule has 0 spiro atoms. The number of hydrogen-bond donors (Lipinski definition) is 0. The molecular weight excluding hydrogens is 352 g/mol. The molecule has 2 aromatic rings. The van der Waals surface area contributed by atoms with Crippen LogP contribution in [0.5, 0.6) is 0 Å². The van der Waals surface area contributed by atoms with E-state index in [0.29, 0.717) is 0 Å². The molecule has 0 atom stereocenters. The van der Waals surface area contributed by atoms with Crippen LogP contribution >= 0.6 is 29.1 Å². The Labute approximate surface area is 113 Å². The van der Waals surface area contributed by atoms with Crippen LogP contribution in [0.4, 0.5) is 0 Å². The van der Waals surface area contributed by atoms with Gasteiger partial charge in [-0.1, -0.05) is 60.7 Å². The average molecular weight is 362 g/mol. The minimum Gasteiger partial charge on any atom is -0.0622 e. The Hall–Kier alpha value is -0.0666. The summed E-state index contributed by atoms with van der Waals surface area (Å²) in [6, 6.07) is 20.8. The summed E-state index contributed by atoms with van der Waals surface area (Å²) in [7, 11) is 14.8. The maximum atomic E-state index is 4.95. The molecule has 0 aliphatic rings. The van der Waals surface area contributed by atoms with E-state index in [1.165, 1.54) is 11.1 Å². The van der Waals surface area contributed by atoms with E-state index in [2.05, 4.69) is 48.5 Å². The second-order valence-electron chi connectivity index (χ2n) is 2.88. The molecule has 0 radical (unpaired) electrons. The zero-order valence-corrected chi connectivity index (χ0v) is 12.3. The summed E-state index contributed by atoms with van der Waals surface area (Å²) < 4.78 is 0. The fourth-order valence-corrected chi connectivity index (χ4v) is 1.26. The monoisotopic (exact) mass is 361 g/mol. The molecule has 0 saturated carbocycles. The van der Waals surface area contributed by atoms with Crippen molar-refractivity contribution in [2.75, 3.05) is 0 Å². The molecular formula is C12H10Cl3Ru. The van der Waals surface area contributed by atoms with Gasteiger partial charge >= 0.3 is 42.1 Å². The van der Waals surface area contributed by atoms with Crippen molar-refractivity contribution in [1.82, 2.24) is 0 Å². The number of halogens is 3. The van der Waals surface area contributed by atoms with Crippen LogP contribution in [0.15, 0.2) is 60.7 Å². The normalized spacial score (nSPS) is 10.1. The third-order valence-corrected chi connectivity index (χ3v) is 1.88. The van der Waals surface area contributed by atoms with Crippen molar-refractivity contribution in [3.05, 3.63) is 60.7 Å². The summed E-state index contributed by atoms with van der Waals surface area (Å²) in [6.07, 6.45) is 0. The van der Waals surface area contributed by atoms with E-state index in [1.807, 2.05) is 12.1 Å². The van der Waals surface area contributed by atoms with Gasteiger partial charge in [0, 0.05) is 0 Å². The van der Waals surface area contributed by atoms with Gasteiger partial charge in [0.05, 0.1) is 0 Å². The predicted molar refractivity (Wildman–Crippen MR) is 69.4 cm³/mol. The minimum absolute atomic E-state index is 1.28. The molecule has 0 aliphatic heterocycles. The van der Waals surface area contributed by atoms with E-state index in [1.54, 1.807) is 0 Å². The van der Waals surface area contributed by atoms with E-state index >= 15 is 0 Å². The van der Waals surface area contributed by atoms with Crippen LogP contribution in [0.1, 0.15) is 0 Å². The Balaban J connectivity index is 0.000000280. The van der Waals surface area contributed by atoms with E-state index in [0.717, 1.165) is 0 Å². The molecule has 0 saturated heterocycles. The maximum absolute atomic E-state index is 4.95. The summed E-state index contributed by atoms with van der Waals surface area (Å²) in [5.41, 5.74) is 2.55. The van der Waals surface area contributed by atoms with Crippen LogP contribution in [0.25, 0.3) is 11.1 Å². The average Bonchev–Trinajstić information content (AvgIpc) is 2.31. The van der Waals surface area contributed by atoms with Gasteiger partial charge in [0.25, 0.3) is 0 Å². The smallest absolute Gasteiger partial charge is 0.0184 e. The molecule has 0 aliphatic carbocycles. The second-order valence-corrected chi connectivity index (χ2v) is 10.8. The van der Waals surface area contributed by atoms with Crippen molar-refractivity contribution < 1.29 is 13.0 Å². The number of hydrogen-bond acceptors (Lipinski definition) is 0. The van der Waals surface area contributed by atoms with Gasteiger partial charge in [-0.15, -0.1) is 0 Å². The molecule has 16 heavy (non-hydrogen) atoms. The summed E-state index contributed by atoms with van der Waals surface area (Å²) >= 11 is -1.75. The van der Waals surface area contributed by atoms with Gasteiger partial charge in [-0.3, -0.25) is 0 Å². The van der Waals surface area contributed by atoms with Crippen molar-refractivity contribution in [2.45, 2.75) is 0 Å². The largest absolute Gasteiger partial charge is 0.0622 e. The molecule has 0 N–H and O–H groups in total. The molecule has 2 rings (SSSR count). The van der Waals surface area contributed by atoms with Crippen LogP contribution in [0.3, 0.4) is 0 Å². The third-order valence-electron chi connectivity index (χ3n) is 1.88. The molecule has 4 heteroatoms. The van der Waals surface area contributed by atoms with Crippen molar-refractivity contribution in [2.24, 2.45) is 0 Å². The van der Waals surface area contributed by atoms with Gasteiger partial charge in [0.2, 0.25) is 0 Å². The van der Waals surface area contributed by atoms with E-state index < -0.39 is 13.0 Å². The first-order valence-corrected chi connectivity index (χ1v) is 11.2. The first-order chi connectivity index (χ1) is 7.70. The molecule has 0 heterocycles. The topological polar surface area (TPSA) is 0 Å². The fourth-order valence-electron chi connectivity index (χ4n) is 1.26. The number of benzene rings is 2. The van der Waals surface area contributed by atoms with E-state index in [9.17, 15) is 0 Å². The Bertz CT molecular complexity index is 349. The van der Waals surface area contributed by atoms with Gasteiger partial charge in [0.1, 0.15) is 0 Å². The van der Waals surface area contributed by atoms with Gasteiger partial charge in [-0.2, -0.15) is 0 Å². The number of rotatable bonds is 1. The molecule has 2 aromatic carbocycles. The molecule has 0 unspecified atom stereocenters. The van der Waals surface area contributed by atoms with E-state index in [-0.39, 0.29) is 0 Å². The van der Waals surface area contributed by atoms with Crippen LogP contribution < -0.4 is 0 Å². The summed E-state index contributed by atoms with van der Waals surface area (Å²) in [5, 5.41) is 0. The quantitative estimate of drug-likeness (QED) is 0.595. The van der Waals surface area contributed by atoms with Gasteiger partial charge in [-0.25, -0.2) is 0 Å². The van der Waals surface area contributed by atoms with Crippen molar-refractivity contribution in [3.8, 4) is 11.1 Å². The standard InChI is InChI=1S/C12H10.3ClH.Ru/c1-3-7-11(8-4-1)12-9-5-2-6-10-12;;;;/h1-10H;3*1H;/q;;;;+3/p-3. The Kier molecular flexibility index (Phi) is 7.07.